The molecule has 1 N–H and O–H groups in total. The van der Waals surface area contributed by atoms with E-state index >= 15 is 0 Å². The quantitative estimate of drug-likeness (QED) is 0.734. The van der Waals surface area contributed by atoms with Crippen molar-refractivity contribution in [1.29, 1.82) is 0 Å². The monoisotopic (exact) mass is 435 g/mol. The topological polar surface area (TPSA) is 83.9 Å². The minimum atomic E-state index is -2.57. The van der Waals surface area contributed by atoms with E-state index in [1.165, 1.54) is 25.5 Å². The molecule has 170 valence electrons. The van der Waals surface area contributed by atoms with Crippen LogP contribution in [0.5, 0.6) is 0 Å². The normalized spacial score (nSPS) is 22.3. The number of carbonyl (C=O) groups excluding carboxylic acids is 1. The Balaban J connectivity index is 0.000000245. The van der Waals surface area contributed by atoms with Crippen molar-refractivity contribution in [3.63, 3.8) is 0 Å². The Morgan fingerprint density at radius 3 is 2.32 bits per heavy atom. The van der Waals surface area contributed by atoms with Crippen molar-refractivity contribution in [2.45, 2.75) is 88.5 Å². The lowest BCUT2D eigenvalue weighted by Crippen LogP contribution is -2.27. The first-order valence-corrected chi connectivity index (χ1v) is 11.5. The summed E-state index contributed by atoms with van der Waals surface area (Å²) in [7, 11) is 0. The predicted octanol–water partition coefficient (Wildman–Crippen LogP) is 4.16. The summed E-state index contributed by atoms with van der Waals surface area (Å²) in [5.74, 6) is -1.55. The van der Waals surface area contributed by atoms with Crippen LogP contribution in [-0.2, 0) is 4.79 Å². The van der Waals surface area contributed by atoms with Gasteiger partial charge in [0.2, 0.25) is 12.3 Å². The summed E-state index contributed by atoms with van der Waals surface area (Å²) in [6.45, 7) is 1.95. The van der Waals surface area contributed by atoms with Gasteiger partial charge in [-0.3, -0.25) is 9.59 Å². The van der Waals surface area contributed by atoms with Crippen LogP contribution >= 0.6 is 0 Å². The van der Waals surface area contributed by atoms with Crippen molar-refractivity contribution in [3.8, 4) is 0 Å². The Labute approximate surface area is 180 Å². The molecular formula is C22H31F2N5O2. The number of aromatic amines is 1. The minimum Gasteiger partial charge on any atom is -0.345 e. The van der Waals surface area contributed by atoms with Crippen LogP contribution in [0.15, 0.2) is 11.0 Å². The number of hydrogen-bond acceptors (Lipinski definition) is 4. The van der Waals surface area contributed by atoms with E-state index in [0.29, 0.717) is 29.8 Å². The van der Waals surface area contributed by atoms with E-state index in [9.17, 15) is 18.4 Å². The number of aromatic nitrogens is 4. The van der Waals surface area contributed by atoms with Gasteiger partial charge in [0.05, 0.1) is 12.2 Å². The van der Waals surface area contributed by atoms with Gasteiger partial charge in [-0.25, -0.2) is 18.4 Å². The molecular weight excluding hydrogens is 404 g/mol. The van der Waals surface area contributed by atoms with Crippen LogP contribution in [0.2, 0.25) is 0 Å². The molecule has 2 saturated carbocycles. The van der Waals surface area contributed by atoms with Crippen molar-refractivity contribution < 1.29 is 13.6 Å². The molecule has 0 unspecified atom stereocenters. The van der Waals surface area contributed by atoms with Gasteiger partial charge >= 0.3 is 0 Å². The standard InChI is InChI=1S/C16H20F2N4O.C6H11NO/c17-16(18)7-5-11(6-8-16)22-14-12(9-19-22)15(23)21-13(20-14)10-3-1-2-4-10;8-6-7-4-2-1-3-5-7/h9-11H,1-8H2,(H,20,21,23);6H,1-5H2. The van der Waals surface area contributed by atoms with Gasteiger partial charge in [-0.15, -0.1) is 0 Å². The number of rotatable bonds is 3. The third-order valence-electron chi connectivity index (χ3n) is 6.80. The van der Waals surface area contributed by atoms with Gasteiger partial charge in [0, 0.05) is 31.8 Å². The molecule has 0 radical (unpaired) electrons. The zero-order valence-electron chi connectivity index (χ0n) is 17.9. The van der Waals surface area contributed by atoms with E-state index < -0.39 is 5.92 Å². The molecule has 3 aliphatic rings. The summed E-state index contributed by atoms with van der Waals surface area (Å²) in [6, 6.07) is -0.0992. The number of likely N-dealkylation sites (tertiary alicyclic amines) is 1. The summed E-state index contributed by atoms with van der Waals surface area (Å²) in [6.07, 6.45) is 11.0. The average molecular weight is 436 g/mol. The van der Waals surface area contributed by atoms with Crippen LogP contribution < -0.4 is 5.56 Å². The lowest BCUT2D eigenvalue weighted by molar-refractivity contribution is -0.118. The summed E-state index contributed by atoms with van der Waals surface area (Å²) in [4.78, 5) is 31.7. The summed E-state index contributed by atoms with van der Waals surface area (Å²) in [5.41, 5.74) is 0.371. The molecule has 2 aliphatic carbocycles. The molecule has 3 fully saturated rings. The molecule has 9 heteroatoms. The Hall–Kier alpha value is -2.32. The van der Waals surface area contributed by atoms with Crippen LogP contribution in [0, 0.1) is 0 Å². The third kappa shape index (κ3) is 5.13. The number of H-pyrrole nitrogens is 1. The lowest BCUT2D eigenvalue weighted by Gasteiger charge is -2.28. The zero-order valence-corrected chi connectivity index (χ0v) is 17.9. The minimum absolute atomic E-state index is 0.0992. The van der Waals surface area contributed by atoms with Gasteiger partial charge in [-0.1, -0.05) is 12.8 Å². The van der Waals surface area contributed by atoms with E-state index in [4.69, 9.17) is 0 Å². The Bertz CT molecular complexity index is 935. The van der Waals surface area contributed by atoms with Crippen molar-refractivity contribution in [2.75, 3.05) is 13.1 Å². The number of piperidine rings is 1. The molecule has 0 spiro atoms. The molecule has 31 heavy (non-hydrogen) atoms. The first kappa shape index (κ1) is 21.9. The SMILES string of the molecule is O=CN1CCCCC1.O=c1[nH]c(C2CCCC2)nc2c1cnn2C1CCC(F)(F)CC1. The van der Waals surface area contributed by atoms with Gasteiger partial charge in [0.1, 0.15) is 11.2 Å². The number of nitrogens with one attached hydrogen (secondary N) is 1. The number of nitrogens with zero attached hydrogens (tertiary/aromatic N) is 4. The summed E-state index contributed by atoms with van der Waals surface area (Å²) in [5, 5.41) is 4.73. The fraction of sp³-hybridized carbons (Fsp3) is 0.727. The Morgan fingerprint density at radius 2 is 1.71 bits per heavy atom. The second-order valence-electron chi connectivity index (χ2n) is 9.05. The number of halogens is 2. The molecule has 0 aromatic carbocycles. The maximum atomic E-state index is 13.4. The first-order valence-electron chi connectivity index (χ1n) is 11.5. The maximum absolute atomic E-state index is 13.4. The van der Waals surface area contributed by atoms with E-state index in [1.807, 2.05) is 4.90 Å². The van der Waals surface area contributed by atoms with E-state index in [1.54, 1.807) is 4.68 Å². The highest BCUT2D eigenvalue weighted by molar-refractivity contribution is 5.73. The molecule has 1 aliphatic heterocycles. The van der Waals surface area contributed by atoms with Crippen LogP contribution in [0.3, 0.4) is 0 Å². The van der Waals surface area contributed by atoms with Crippen LogP contribution in [0.1, 0.15) is 88.4 Å². The van der Waals surface area contributed by atoms with Crippen molar-refractivity contribution in [1.82, 2.24) is 24.6 Å². The highest BCUT2D eigenvalue weighted by atomic mass is 19.3. The van der Waals surface area contributed by atoms with Gasteiger partial charge in [0.15, 0.2) is 5.65 Å². The Morgan fingerprint density at radius 1 is 1.03 bits per heavy atom. The molecule has 0 bridgehead atoms. The molecule has 3 heterocycles. The molecule has 2 aromatic rings. The average Bonchev–Trinajstić information content (AvgIpc) is 3.45. The number of alkyl halides is 2. The highest BCUT2D eigenvalue weighted by Gasteiger charge is 2.36. The van der Waals surface area contributed by atoms with Gasteiger partial charge < -0.3 is 9.88 Å². The number of carbonyl (C=O) groups is 1. The summed E-state index contributed by atoms with van der Waals surface area (Å²) >= 11 is 0. The molecule has 7 nitrogen and oxygen atoms in total. The highest BCUT2D eigenvalue weighted by Crippen LogP contribution is 2.39. The second kappa shape index (κ2) is 9.44. The molecule has 1 amide bonds. The van der Waals surface area contributed by atoms with Crippen LogP contribution in [-0.4, -0.2) is 50.1 Å². The maximum Gasteiger partial charge on any atom is 0.262 e. The smallest absolute Gasteiger partial charge is 0.262 e. The third-order valence-corrected chi connectivity index (χ3v) is 6.80. The molecule has 5 rings (SSSR count). The molecule has 1 saturated heterocycles. The van der Waals surface area contributed by atoms with E-state index in [-0.39, 0.29) is 24.4 Å². The second-order valence-corrected chi connectivity index (χ2v) is 9.05. The zero-order chi connectivity index (χ0) is 21.8. The predicted molar refractivity (Wildman–Crippen MR) is 113 cm³/mol. The van der Waals surface area contributed by atoms with Crippen molar-refractivity contribution in [3.05, 3.63) is 22.4 Å². The first-order chi connectivity index (χ1) is 15.0. The van der Waals surface area contributed by atoms with Crippen molar-refractivity contribution >= 4 is 17.4 Å². The molecule has 2 aromatic heterocycles. The number of hydrogen-bond donors (Lipinski definition) is 1. The number of fused-ring (bicyclic) bond motifs is 1. The van der Waals surface area contributed by atoms with E-state index in [0.717, 1.165) is 51.0 Å². The van der Waals surface area contributed by atoms with Crippen LogP contribution in [0.25, 0.3) is 11.0 Å². The van der Waals surface area contributed by atoms with Gasteiger partial charge in [-0.2, -0.15) is 5.10 Å². The Kier molecular flexibility index (Phi) is 6.67. The van der Waals surface area contributed by atoms with Crippen LogP contribution in [0.4, 0.5) is 8.78 Å². The van der Waals surface area contributed by atoms with Crippen molar-refractivity contribution in [2.24, 2.45) is 0 Å². The number of amides is 1. The molecule has 0 atom stereocenters. The fourth-order valence-corrected chi connectivity index (χ4v) is 4.91. The van der Waals surface area contributed by atoms with E-state index in [2.05, 4.69) is 15.1 Å². The lowest BCUT2D eigenvalue weighted by atomic mass is 9.92. The van der Waals surface area contributed by atoms with Gasteiger partial charge in [0.25, 0.3) is 5.56 Å². The van der Waals surface area contributed by atoms with Gasteiger partial charge in [-0.05, 0) is 44.9 Å². The largest absolute Gasteiger partial charge is 0.345 e. The summed E-state index contributed by atoms with van der Waals surface area (Å²) < 4.78 is 28.4. The fourth-order valence-electron chi connectivity index (χ4n) is 4.91.